The number of pyridine rings is 1. The molecule has 1 saturated heterocycles. The second-order valence-corrected chi connectivity index (χ2v) is 7.13. The number of carbonyl (C=O) groups is 1. The number of likely N-dealkylation sites (tertiary alicyclic amines) is 1. The van der Waals surface area contributed by atoms with Gasteiger partial charge in [-0.05, 0) is 49.9 Å². The highest BCUT2D eigenvalue weighted by atomic mass is 32.1. The summed E-state index contributed by atoms with van der Waals surface area (Å²) in [7, 11) is 0. The molecule has 1 fully saturated rings. The van der Waals surface area contributed by atoms with Crippen LogP contribution in [0.5, 0.6) is 0 Å². The Bertz CT molecular complexity index is 886. The topological polar surface area (TPSA) is 33.2 Å². The number of thiophene rings is 1. The van der Waals surface area contributed by atoms with E-state index in [1.807, 2.05) is 36.9 Å². The van der Waals surface area contributed by atoms with E-state index in [0.29, 0.717) is 0 Å². The number of hydrogen-bond donors (Lipinski definition) is 0. The third-order valence-corrected chi connectivity index (χ3v) is 5.45. The fourth-order valence-electron chi connectivity index (χ4n) is 3.21. The molecule has 0 saturated carbocycles. The average Bonchev–Trinajstić information content (AvgIpc) is 2.99. The Kier molecular flexibility index (Phi) is 3.42. The zero-order valence-corrected chi connectivity index (χ0v) is 14.1. The van der Waals surface area contributed by atoms with Crippen LogP contribution in [0, 0.1) is 13.8 Å². The van der Waals surface area contributed by atoms with E-state index in [-0.39, 0.29) is 11.9 Å². The van der Waals surface area contributed by atoms with Gasteiger partial charge in [-0.2, -0.15) is 0 Å². The summed E-state index contributed by atoms with van der Waals surface area (Å²) in [6, 6.07) is 12.4. The second-order valence-electron chi connectivity index (χ2n) is 6.15. The van der Waals surface area contributed by atoms with Gasteiger partial charge in [0.15, 0.2) is 0 Å². The van der Waals surface area contributed by atoms with Crippen LogP contribution >= 0.6 is 11.3 Å². The maximum Gasteiger partial charge on any atom is 0.255 e. The van der Waals surface area contributed by atoms with Gasteiger partial charge in [0.2, 0.25) is 0 Å². The molecular formula is C19H18N2OS. The van der Waals surface area contributed by atoms with Gasteiger partial charge in [-0.1, -0.05) is 17.7 Å². The minimum atomic E-state index is 0.121. The van der Waals surface area contributed by atoms with E-state index >= 15 is 0 Å². The van der Waals surface area contributed by atoms with E-state index in [1.54, 1.807) is 11.3 Å². The zero-order valence-electron chi connectivity index (χ0n) is 13.2. The molecule has 23 heavy (non-hydrogen) atoms. The first-order valence-corrected chi connectivity index (χ1v) is 8.74. The summed E-state index contributed by atoms with van der Waals surface area (Å²) < 4.78 is 0. The van der Waals surface area contributed by atoms with Crippen LogP contribution < -0.4 is 0 Å². The Labute approximate surface area is 139 Å². The summed E-state index contributed by atoms with van der Waals surface area (Å²) in [6.45, 7) is 4.82. The van der Waals surface area contributed by atoms with E-state index in [4.69, 9.17) is 0 Å². The average molecular weight is 322 g/mol. The van der Waals surface area contributed by atoms with Crippen molar-refractivity contribution in [2.75, 3.05) is 6.54 Å². The van der Waals surface area contributed by atoms with Gasteiger partial charge >= 0.3 is 0 Å². The molecule has 1 aliphatic heterocycles. The number of hydrogen-bond acceptors (Lipinski definition) is 3. The summed E-state index contributed by atoms with van der Waals surface area (Å²) >= 11 is 1.73. The molecule has 0 bridgehead atoms. The van der Waals surface area contributed by atoms with Crippen LogP contribution in [0.3, 0.4) is 0 Å². The van der Waals surface area contributed by atoms with Gasteiger partial charge in [-0.3, -0.25) is 9.78 Å². The molecule has 3 heterocycles. The summed E-state index contributed by atoms with van der Waals surface area (Å²) in [5, 5.41) is 3.03. The van der Waals surface area contributed by atoms with E-state index < -0.39 is 0 Å². The molecular weight excluding hydrogens is 304 g/mol. The standard InChI is InChI=1S/C19H18N2OS/c1-12-5-6-16-14(10-12)15(11-13(2)20-16)19(22)21-8-7-17(21)18-4-3-9-23-18/h3-6,9-11,17H,7-8H2,1-2H3. The van der Waals surface area contributed by atoms with Crippen molar-refractivity contribution in [3.05, 3.63) is 63.5 Å². The Hall–Kier alpha value is -2.20. The van der Waals surface area contributed by atoms with Crippen LogP contribution in [-0.2, 0) is 0 Å². The smallest absolute Gasteiger partial charge is 0.255 e. The molecule has 1 atom stereocenters. The van der Waals surface area contributed by atoms with Crippen LogP contribution in [0.1, 0.15) is 39.0 Å². The monoisotopic (exact) mass is 322 g/mol. The third kappa shape index (κ3) is 2.43. The maximum absolute atomic E-state index is 13.1. The fraction of sp³-hybridized carbons (Fsp3) is 0.263. The molecule has 2 aromatic heterocycles. The van der Waals surface area contributed by atoms with Crippen LogP contribution in [0.25, 0.3) is 10.9 Å². The van der Waals surface area contributed by atoms with E-state index in [9.17, 15) is 4.79 Å². The largest absolute Gasteiger partial charge is 0.331 e. The first kappa shape index (κ1) is 14.4. The zero-order chi connectivity index (χ0) is 16.0. The van der Waals surface area contributed by atoms with Gasteiger partial charge in [0.1, 0.15) is 0 Å². The molecule has 0 radical (unpaired) electrons. The molecule has 0 N–H and O–H groups in total. The van der Waals surface area contributed by atoms with E-state index in [1.165, 1.54) is 4.88 Å². The lowest BCUT2D eigenvalue weighted by Crippen LogP contribution is -2.44. The molecule has 1 unspecified atom stereocenters. The van der Waals surface area contributed by atoms with Gasteiger partial charge in [0.25, 0.3) is 5.91 Å². The number of benzene rings is 1. The normalized spacial score (nSPS) is 17.3. The van der Waals surface area contributed by atoms with E-state index in [0.717, 1.165) is 40.7 Å². The van der Waals surface area contributed by atoms with Crippen molar-refractivity contribution in [1.29, 1.82) is 0 Å². The second kappa shape index (κ2) is 5.46. The molecule has 4 rings (SSSR count). The molecule has 3 nitrogen and oxygen atoms in total. The summed E-state index contributed by atoms with van der Waals surface area (Å²) in [5.41, 5.74) is 3.71. The van der Waals surface area contributed by atoms with Gasteiger partial charge in [0.05, 0.1) is 17.1 Å². The van der Waals surface area contributed by atoms with Crippen LogP contribution in [0.2, 0.25) is 0 Å². The predicted molar refractivity (Wildman–Crippen MR) is 93.9 cm³/mol. The van der Waals surface area contributed by atoms with E-state index in [2.05, 4.69) is 28.6 Å². The van der Waals surface area contributed by atoms with Crippen molar-refractivity contribution in [1.82, 2.24) is 9.88 Å². The van der Waals surface area contributed by atoms with Crippen molar-refractivity contribution in [3.63, 3.8) is 0 Å². The van der Waals surface area contributed by atoms with Gasteiger partial charge in [-0.15, -0.1) is 11.3 Å². The van der Waals surface area contributed by atoms with Crippen molar-refractivity contribution in [2.45, 2.75) is 26.3 Å². The number of amides is 1. The molecule has 1 aliphatic rings. The summed E-state index contributed by atoms with van der Waals surface area (Å²) in [6.07, 6.45) is 1.05. The Balaban J connectivity index is 1.76. The quantitative estimate of drug-likeness (QED) is 0.696. The lowest BCUT2D eigenvalue weighted by atomic mass is 9.97. The lowest BCUT2D eigenvalue weighted by Gasteiger charge is -2.40. The van der Waals surface area contributed by atoms with Crippen molar-refractivity contribution in [3.8, 4) is 0 Å². The maximum atomic E-state index is 13.1. The molecule has 1 amide bonds. The Morgan fingerprint density at radius 3 is 2.83 bits per heavy atom. The highest BCUT2D eigenvalue weighted by Gasteiger charge is 2.35. The SMILES string of the molecule is Cc1ccc2nc(C)cc(C(=O)N3CCC3c3cccs3)c2c1. The highest BCUT2D eigenvalue weighted by molar-refractivity contribution is 7.10. The van der Waals surface area contributed by atoms with Crippen molar-refractivity contribution < 1.29 is 4.79 Å². The number of nitrogens with zero attached hydrogens (tertiary/aromatic N) is 2. The lowest BCUT2D eigenvalue weighted by molar-refractivity contribution is 0.0470. The van der Waals surface area contributed by atoms with Crippen LogP contribution in [-0.4, -0.2) is 22.3 Å². The van der Waals surface area contributed by atoms with Crippen molar-refractivity contribution in [2.24, 2.45) is 0 Å². The molecule has 3 aromatic rings. The Morgan fingerprint density at radius 1 is 1.26 bits per heavy atom. The molecule has 116 valence electrons. The van der Waals surface area contributed by atoms with Crippen LogP contribution in [0.15, 0.2) is 41.8 Å². The number of aromatic nitrogens is 1. The van der Waals surface area contributed by atoms with Gasteiger partial charge in [-0.25, -0.2) is 0 Å². The predicted octanol–water partition coefficient (Wildman–Crippen LogP) is 4.50. The fourth-order valence-corrected chi connectivity index (χ4v) is 4.08. The van der Waals surface area contributed by atoms with Crippen molar-refractivity contribution >= 4 is 28.1 Å². The Morgan fingerprint density at radius 2 is 2.13 bits per heavy atom. The first-order valence-electron chi connectivity index (χ1n) is 7.86. The number of rotatable bonds is 2. The van der Waals surface area contributed by atoms with Gasteiger partial charge < -0.3 is 4.90 Å². The molecule has 4 heteroatoms. The summed E-state index contributed by atoms with van der Waals surface area (Å²) in [4.78, 5) is 20.9. The minimum absolute atomic E-state index is 0.121. The number of fused-ring (bicyclic) bond motifs is 1. The van der Waals surface area contributed by atoms with Crippen LogP contribution in [0.4, 0.5) is 0 Å². The number of carbonyl (C=O) groups excluding carboxylic acids is 1. The molecule has 0 spiro atoms. The first-order chi connectivity index (χ1) is 11.1. The third-order valence-electron chi connectivity index (χ3n) is 4.47. The highest BCUT2D eigenvalue weighted by Crippen LogP contribution is 2.37. The molecule has 0 aliphatic carbocycles. The van der Waals surface area contributed by atoms with Gasteiger partial charge in [0, 0.05) is 22.5 Å². The molecule has 1 aromatic carbocycles. The summed E-state index contributed by atoms with van der Waals surface area (Å²) in [5.74, 6) is 0.121. The number of aryl methyl sites for hydroxylation is 2. The minimum Gasteiger partial charge on any atom is -0.331 e.